The molecule has 9 heteroatoms. The Kier molecular flexibility index (Phi) is 10.8. The van der Waals surface area contributed by atoms with Gasteiger partial charge in [0.25, 0.3) is 0 Å². The van der Waals surface area contributed by atoms with Crippen LogP contribution >= 0.6 is 7.82 Å². The highest BCUT2D eigenvalue weighted by atomic mass is 31.2. The van der Waals surface area contributed by atoms with Gasteiger partial charge in [-0.15, -0.1) is 13.2 Å². The van der Waals surface area contributed by atoms with Gasteiger partial charge < -0.3 is 9.47 Å². The van der Waals surface area contributed by atoms with Gasteiger partial charge in [0.15, 0.2) is 0 Å². The molecule has 0 radical (unpaired) electrons. The van der Waals surface area contributed by atoms with Crippen LogP contribution in [0.1, 0.15) is 0 Å². The van der Waals surface area contributed by atoms with Crippen LogP contribution in [-0.4, -0.2) is 33.0 Å². The van der Waals surface area contributed by atoms with E-state index < -0.39 is 13.7 Å². The van der Waals surface area contributed by atoms with Crippen molar-refractivity contribution in [2.24, 2.45) is 5.92 Å². The van der Waals surface area contributed by atoms with E-state index in [-0.39, 0.29) is 33.0 Å². The van der Waals surface area contributed by atoms with Crippen LogP contribution in [-0.2, 0) is 28.0 Å². The lowest BCUT2D eigenvalue weighted by Crippen LogP contribution is -2.21. The Labute approximate surface area is 110 Å². The second-order valence-electron chi connectivity index (χ2n) is 3.40. The first-order chi connectivity index (χ1) is 9.11. The molecule has 0 saturated heterocycles. The van der Waals surface area contributed by atoms with Gasteiger partial charge in [0.2, 0.25) is 0 Å². The summed E-state index contributed by atoms with van der Waals surface area (Å²) in [6.45, 7) is 7.47. The smallest absolute Gasteiger partial charge is 0.377 e. The van der Waals surface area contributed by atoms with Gasteiger partial charge in [-0.2, -0.15) is 0 Å². The average Bonchev–Trinajstić information content (AvgIpc) is 2.44. The molecule has 6 nitrogen and oxygen atoms in total. The molecular formula is C10H17F2O6P. The zero-order valence-corrected chi connectivity index (χ0v) is 11.2. The van der Waals surface area contributed by atoms with Crippen molar-refractivity contribution in [3.63, 3.8) is 0 Å². The van der Waals surface area contributed by atoms with Crippen molar-refractivity contribution in [1.29, 1.82) is 0 Å². The molecule has 0 aromatic heterocycles. The molecule has 0 N–H and O–H groups in total. The standard InChI is InChI=1S/C10H17F2O6P/c1-3-5-14-7-10(8-15-6-4-2)9-16-19(13,17-11)18-12/h3-4,10H,1-2,5-9H2. The van der Waals surface area contributed by atoms with Crippen molar-refractivity contribution in [3.8, 4) is 0 Å². The van der Waals surface area contributed by atoms with Crippen molar-refractivity contribution in [2.45, 2.75) is 0 Å². The van der Waals surface area contributed by atoms with Crippen LogP contribution in [0.4, 0.5) is 9.05 Å². The molecule has 0 aromatic carbocycles. The molecule has 0 bridgehead atoms. The van der Waals surface area contributed by atoms with Crippen LogP contribution in [0.5, 0.6) is 0 Å². The largest absolute Gasteiger partial charge is 0.537 e. The third-order valence-electron chi connectivity index (χ3n) is 1.82. The summed E-state index contributed by atoms with van der Waals surface area (Å²) in [5.74, 6) is -0.418. The summed E-state index contributed by atoms with van der Waals surface area (Å²) in [5.41, 5.74) is 0. The highest BCUT2D eigenvalue weighted by Crippen LogP contribution is 2.50. The van der Waals surface area contributed by atoms with E-state index in [0.717, 1.165) is 0 Å². The van der Waals surface area contributed by atoms with Gasteiger partial charge in [-0.25, -0.2) is 4.57 Å². The molecule has 0 aliphatic heterocycles. The van der Waals surface area contributed by atoms with Crippen LogP contribution in [0.3, 0.4) is 0 Å². The van der Waals surface area contributed by atoms with Crippen LogP contribution in [0.15, 0.2) is 25.3 Å². The first-order valence-electron chi connectivity index (χ1n) is 5.34. The summed E-state index contributed by atoms with van der Waals surface area (Å²) in [6, 6.07) is 0. The van der Waals surface area contributed by atoms with Gasteiger partial charge in [-0.05, 0) is 9.05 Å². The SMILES string of the molecule is C=CCOCC(COCC=C)COP(=O)(OF)OF. The first-order valence-corrected chi connectivity index (χ1v) is 6.80. The lowest BCUT2D eigenvalue weighted by Gasteiger charge is -2.17. The average molecular weight is 302 g/mol. The Morgan fingerprint density at radius 3 is 1.84 bits per heavy atom. The fourth-order valence-electron chi connectivity index (χ4n) is 1.03. The molecule has 0 fully saturated rings. The molecule has 0 aromatic rings. The predicted octanol–water partition coefficient (Wildman–Crippen LogP) is 2.93. The minimum atomic E-state index is -4.80. The molecule has 0 saturated carbocycles. The Hall–Kier alpha value is -0.630. The van der Waals surface area contributed by atoms with Crippen LogP contribution < -0.4 is 0 Å². The lowest BCUT2D eigenvalue weighted by molar-refractivity contribution is -0.122. The van der Waals surface area contributed by atoms with E-state index in [1.54, 1.807) is 0 Å². The second kappa shape index (κ2) is 11.2. The summed E-state index contributed by atoms with van der Waals surface area (Å²) >= 11 is 0. The van der Waals surface area contributed by atoms with Gasteiger partial charge in [-0.1, -0.05) is 21.6 Å². The predicted molar refractivity (Wildman–Crippen MR) is 63.5 cm³/mol. The van der Waals surface area contributed by atoms with E-state index in [4.69, 9.17) is 9.47 Å². The zero-order chi connectivity index (χ0) is 14.6. The maximum absolute atomic E-state index is 11.8. The van der Waals surface area contributed by atoms with E-state index >= 15 is 0 Å². The number of hydrogen-bond acceptors (Lipinski definition) is 6. The summed E-state index contributed by atoms with van der Waals surface area (Å²) < 4.78 is 54.8. The lowest BCUT2D eigenvalue weighted by atomic mass is 10.2. The molecule has 0 atom stereocenters. The molecular weight excluding hydrogens is 285 g/mol. The summed E-state index contributed by atoms with van der Waals surface area (Å²) in [5, 5.41) is 0. The summed E-state index contributed by atoms with van der Waals surface area (Å²) in [7, 11) is -4.80. The van der Waals surface area contributed by atoms with E-state index in [0.29, 0.717) is 0 Å². The fourth-order valence-corrected chi connectivity index (χ4v) is 1.52. The highest BCUT2D eigenvalue weighted by Gasteiger charge is 2.31. The molecule has 0 heterocycles. The fraction of sp³-hybridized carbons (Fsp3) is 0.600. The number of halogens is 2. The molecule has 0 aliphatic carbocycles. The topological polar surface area (TPSA) is 63.2 Å². The molecule has 19 heavy (non-hydrogen) atoms. The Balaban J connectivity index is 4.18. The maximum Gasteiger partial charge on any atom is 0.537 e. The summed E-state index contributed by atoms with van der Waals surface area (Å²) in [6.07, 6.45) is 3.06. The molecule has 0 unspecified atom stereocenters. The minimum Gasteiger partial charge on any atom is -0.377 e. The Morgan fingerprint density at radius 2 is 1.47 bits per heavy atom. The minimum absolute atomic E-state index is 0.154. The molecule has 0 spiro atoms. The molecule has 0 amide bonds. The summed E-state index contributed by atoms with van der Waals surface area (Å²) in [4.78, 5) is 0. The van der Waals surface area contributed by atoms with E-state index in [2.05, 4.69) is 27.1 Å². The maximum atomic E-state index is 11.8. The highest BCUT2D eigenvalue weighted by molar-refractivity contribution is 7.48. The molecule has 0 aliphatic rings. The van der Waals surface area contributed by atoms with Crippen molar-refractivity contribution in [2.75, 3.05) is 33.0 Å². The quantitative estimate of drug-likeness (QED) is 0.296. The van der Waals surface area contributed by atoms with Crippen molar-refractivity contribution in [1.82, 2.24) is 0 Å². The van der Waals surface area contributed by atoms with Gasteiger partial charge in [0.1, 0.15) is 0 Å². The first kappa shape index (κ1) is 18.4. The van der Waals surface area contributed by atoms with Crippen LogP contribution in [0.2, 0.25) is 0 Å². The third kappa shape index (κ3) is 8.99. The van der Waals surface area contributed by atoms with Crippen LogP contribution in [0.25, 0.3) is 0 Å². The second-order valence-corrected chi connectivity index (χ2v) is 4.83. The van der Waals surface area contributed by atoms with Gasteiger partial charge >= 0.3 is 7.82 Å². The monoisotopic (exact) mass is 302 g/mol. The Bertz CT molecular complexity index is 280. The number of ether oxygens (including phenoxy) is 2. The van der Waals surface area contributed by atoms with E-state index in [1.165, 1.54) is 12.2 Å². The molecule has 112 valence electrons. The van der Waals surface area contributed by atoms with Crippen molar-refractivity contribution < 1.29 is 37.1 Å². The zero-order valence-electron chi connectivity index (χ0n) is 10.3. The van der Waals surface area contributed by atoms with E-state index in [1.807, 2.05) is 0 Å². The Morgan fingerprint density at radius 1 is 1.00 bits per heavy atom. The number of phosphoric acid groups is 1. The third-order valence-corrected chi connectivity index (χ3v) is 2.62. The number of rotatable bonds is 13. The normalized spacial score (nSPS) is 11.7. The number of hydrogen-bond donors (Lipinski definition) is 0. The molecule has 0 rings (SSSR count). The van der Waals surface area contributed by atoms with Gasteiger partial charge in [0, 0.05) is 5.92 Å². The van der Waals surface area contributed by atoms with Crippen LogP contribution in [0, 0.1) is 5.92 Å². The van der Waals surface area contributed by atoms with E-state index in [9.17, 15) is 13.6 Å². The van der Waals surface area contributed by atoms with Crippen molar-refractivity contribution in [3.05, 3.63) is 25.3 Å². The van der Waals surface area contributed by atoms with Gasteiger partial charge in [-0.3, -0.25) is 4.52 Å². The van der Waals surface area contributed by atoms with Gasteiger partial charge in [0.05, 0.1) is 33.0 Å². The van der Waals surface area contributed by atoms with Crippen molar-refractivity contribution >= 4 is 7.82 Å².